The van der Waals surface area contributed by atoms with E-state index in [2.05, 4.69) is 22.5 Å². The highest BCUT2D eigenvalue weighted by Gasteiger charge is 2.12. The van der Waals surface area contributed by atoms with Crippen LogP contribution in [-0.4, -0.2) is 9.78 Å². The molecule has 1 N–H and O–H groups in total. The summed E-state index contributed by atoms with van der Waals surface area (Å²) in [4.78, 5) is 11.7. The molecule has 98 valence electrons. The molecular formula is C14H14ClN3O. The maximum absolute atomic E-state index is 11.7. The van der Waals surface area contributed by atoms with Gasteiger partial charge >= 0.3 is 0 Å². The quantitative estimate of drug-likeness (QED) is 0.917. The minimum Gasteiger partial charge on any atom is -0.353 e. The second-order valence-electron chi connectivity index (χ2n) is 4.76. The summed E-state index contributed by atoms with van der Waals surface area (Å²) in [5.74, 6) is 0. The van der Waals surface area contributed by atoms with Crippen molar-refractivity contribution in [1.82, 2.24) is 9.78 Å². The van der Waals surface area contributed by atoms with E-state index in [9.17, 15) is 4.79 Å². The minimum absolute atomic E-state index is 0.165. The van der Waals surface area contributed by atoms with Gasteiger partial charge in [-0.15, -0.1) is 0 Å². The van der Waals surface area contributed by atoms with Crippen LogP contribution in [0.3, 0.4) is 0 Å². The van der Waals surface area contributed by atoms with E-state index in [4.69, 9.17) is 11.6 Å². The van der Waals surface area contributed by atoms with Gasteiger partial charge in [-0.3, -0.25) is 4.79 Å². The van der Waals surface area contributed by atoms with Gasteiger partial charge < -0.3 is 5.32 Å². The largest absolute Gasteiger partial charge is 0.353 e. The van der Waals surface area contributed by atoms with E-state index in [0.717, 1.165) is 18.5 Å². The lowest BCUT2D eigenvalue weighted by molar-refractivity contribution is 0.709. The Balaban J connectivity index is 1.94. The van der Waals surface area contributed by atoms with Crippen molar-refractivity contribution >= 4 is 23.0 Å². The number of nitrogens with one attached hydrogen (secondary N) is 1. The van der Waals surface area contributed by atoms with Gasteiger partial charge in [0.2, 0.25) is 0 Å². The third kappa shape index (κ3) is 2.24. The number of hydrogen-bond acceptors (Lipinski definition) is 3. The molecule has 1 aliphatic carbocycles. The monoisotopic (exact) mass is 275 g/mol. The summed E-state index contributed by atoms with van der Waals surface area (Å²) < 4.78 is 1.22. The summed E-state index contributed by atoms with van der Waals surface area (Å²) in [5, 5.41) is 7.29. The molecule has 19 heavy (non-hydrogen) atoms. The summed E-state index contributed by atoms with van der Waals surface area (Å²) in [7, 11) is 1.58. The highest BCUT2D eigenvalue weighted by molar-refractivity contribution is 6.33. The lowest BCUT2D eigenvalue weighted by atomic mass is 10.1. The third-order valence-electron chi connectivity index (χ3n) is 3.46. The van der Waals surface area contributed by atoms with E-state index in [-0.39, 0.29) is 10.6 Å². The maximum Gasteiger partial charge on any atom is 0.287 e. The predicted molar refractivity (Wildman–Crippen MR) is 76.2 cm³/mol. The van der Waals surface area contributed by atoms with Gasteiger partial charge in [0.05, 0.1) is 11.9 Å². The molecule has 5 heteroatoms. The summed E-state index contributed by atoms with van der Waals surface area (Å²) >= 11 is 6.03. The van der Waals surface area contributed by atoms with E-state index >= 15 is 0 Å². The first-order valence-electron chi connectivity index (χ1n) is 6.26. The average molecular weight is 276 g/mol. The van der Waals surface area contributed by atoms with Crippen LogP contribution in [0.4, 0.5) is 11.4 Å². The Kier molecular flexibility index (Phi) is 3.03. The van der Waals surface area contributed by atoms with Gasteiger partial charge in [0, 0.05) is 12.7 Å². The molecular weight excluding hydrogens is 262 g/mol. The molecule has 0 radical (unpaired) electrons. The Hall–Kier alpha value is -1.81. The Labute approximate surface area is 116 Å². The highest BCUT2D eigenvalue weighted by Crippen LogP contribution is 2.27. The van der Waals surface area contributed by atoms with Crippen LogP contribution in [0.25, 0.3) is 0 Å². The van der Waals surface area contributed by atoms with Crippen LogP contribution in [0.15, 0.2) is 29.2 Å². The van der Waals surface area contributed by atoms with Crippen molar-refractivity contribution in [2.75, 3.05) is 5.32 Å². The van der Waals surface area contributed by atoms with Crippen LogP contribution >= 0.6 is 11.6 Å². The van der Waals surface area contributed by atoms with Gasteiger partial charge in [-0.25, -0.2) is 4.68 Å². The number of fused-ring (bicyclic) bond motifs is 1. The highest BCUT2D eigenvalue weighted by atomic mass is 35.5. The number of rotatable bonds is 2. The fourth-order valence-electron chi connectivity index (χ4n) is 2.40. The van der Waals surface area contributed by atoms with Crippen molar-refractivity contribution < 1.29 is 0 Å². The summed E-state index contributed by atoms with van der Waals surface area (Å²) in [6.45, 7) is 0. The number of anilines is 2. The van der Waals surface area contributed by atoms with E-state index < -0.39 is 0 Å². The molecule has 0 atom stereocenters. The van der Waals surface area contributed by atoms with Gasteiger partial charge in [-0.05, 0) is 42.5 Å². The van der Waals surface area contributed by atoms with Gasteiger partial charge in [0.15, 0.2) is 0 Å². The topological polar surface area (TPSA) is 46.9 Å². The standard InChI is InChI=1S/C14H14ClN3O/c1-18-14(19)13(15)12(8-16-18)17-11-6-5-9-3-2-4-10(9)7-11/h5-8,17H,2-4H2,1H3. The summed E-state index contributed by atoms with van der Waals surface area (Å²) in [6, 6.07) is 6.27. The van der Waals surface area contributed by atoms with Gasteiger partial charge in [0.1, 0.15) is 5.02 Å². The fourth-order valence-corrected chi connectivity index (χ4v) is 2.62. The SMILES string of the molecule is Cn1ncc(Nc2ccc3c(c2)CCC3)c(Cl)c1=O. The average Bonchev–Trinajstić information content (AvgIpc) is 2.87. The molecule has 1 aliphatic rings. The van der Waals surface area contributed by atoms with Crippen molar-refractivity contribution in [2.45, 2.75) is 19.3 Å². The van der Waals surface area contributed by atoms with Gasteiger partial charge in [0.25, 0.3) is 5.56 Å². The molecule has 0 saturated heterocycles. The zero-order chi connectivity index (χ0) is 13.4. The Morgan fingerprint density at radius 2 is 2.11 bits per heavy atom. The van der Waals surface area contributed by atoms with E-state index in [1.54, 1.807) is 13.2 Å². The third-order valence-corrected chi connectivity index (χ3v) is 3.82. The second-order valence-corrected chi connectivity index (χ2v) is 5.14. The molecule has 0 amide bonds. The first kappa shape index (κ1) is 12.2. The van der Waals surface area contributed by atoms with Crippen LogP contribution in [0, 0.1) is 0 Å². The Morgan fingerprint density at radius 3 is 2.95 bits per heavy atom. The zero-order valence-electron chi connectivity index (χ0n) is 10.6. The molecule has 1 heterocycles. The molecule has 0 bridgehead atoms. The second kappa shape index (κ2) is 4.70. The zero-order valence-corrected chi connectivity index (χ0v) is 11.4. The molecule has 1 aromatic carbocycles. The molecule has 3 rings (SSSR count). The molecule has 1 aromatic heterocycles. The maximum atomic E-state index is 11.7. The van der Waals surface area contributed by atoms with Crippen LogP contribution in [0.5, 0.6) is 0 Å². The first-order chi connectivity index (χ1) is 9.15. The number of nitrogens with zero attached hydrogens (tertiary/aromatic N) is 2. The molecule has 2 aromatic rings. The molecule has 0 spiro atoms. The van der Waals surface area contributed by atoms with Gasteiger partial charge in [-0.1, -0.05) is 17.7 Å². The van der Waals surface area contributed by atoms with Crippen molar-refractivity contribution in [3.63, 3.8) is 0 Å². The van der Waals surface area contributed by atoms with Crippen molar-refractivity contribution in [2.24, 2.45) is 7.05 Å². The predicted octanol–water partition coefficient (Wildman–Crippen LogP) is 2.67. The molecule has 0 unspecified atom stereocenters. The lowest BCUT2D eigenvalue weighted by Gasteiger charge is -2.10. The fraction of sp³-hybridized carbons (Fsp3) is 0.286. The van der Waals surface area contributed by atoms with Crippen LogP contribution in [0.2, 0.25) is 5.02 Å². The molecule has 0 saturated carbocycles. The number of aromatic nitrogens is 2. The lowest BCUT2D eigenvalue weighted by Crippen LogP contribution is -2.20. The smallest absolute Gasteiger partial charge is 0.287 e. The van der Waals surface area contributed by atoms with Gasteiger partial charge in [-0.2, -0.15) is 5.10 Å². The number of halogens is 1. The van der Waals surface area contributed by atoms with Crippen LogP contribution < -0.4 is 10.9 Å². The van der Waals surface area contributed by atoms with Crippen LogP contribution in [0.1, 0.15) is 17.5 Å². The van der Waals surface area contributed by atoms with Crippen molar-refractivity contribution in [3.8, 4) is 0 Å². The van der Waals surface area contributed by atoms with E-state index in [0.29, 0.717) is 5.69 Å². The summed E-state index contributed by atoms with van der Waals surface area (Å²) in [6.07, 6.45) is 5.06. The summed E-state index contributed by atoms with van der Waals surface area (Å²) in [5.41, 5.74) is 3.98. The Morgan fingerprint density at radius 1 is 1.32 bits per heavy atom. The minimum atomic E-state index is -0.298. The number of benzene rings is 1. The van der Waals surface area contributed by atoms with Crippen molar-refractivity contribution in [3.05, 3.63) is 50.9 Å². The molecule has 4 nitrogen and oxygen atoms in total. The molecule has 0 fully saturated rings. The van der Waals surface area contributed by atoms with E-state index in [1.807, 2.05) is 6.07 Å². The number of aryl methyl sites for hydroxylation is 3. The molecule has 0 aliphatic heterocycles. The van der Waals surface area contributed by atoms with E-state index in [1.165, 1.54) is 22.2 Å². The van der Waals surface area contributed by atoms with Crippen molar-refractivity contribution in [1.29, 1.82) is 0 Å². The first-order valence-corrected chi connectivity index (χ1v) is 6.63. The Bertz CT molecular complexity index is 694. The normalized spacial score (nSPS) is 13.4. The van der Waals surface area contributed by atoms with Crippen LogP contribution in [-0.2, 0) is 19.9 Å². The number of hydrogen-bond donors (Lipinski definition) is 1.